The van der Waals surface area contributed by atoms with Gasteiger partial charge >= 0.3 is 24.1 Å². The van der Waals surface area contributed by atoms with E-state index in [1.54, 1.807) is 26.0 Å². The van der Waals surface area contributed by atoms with Crippen molar-refractivity contribution >= 4 is 23.6 Å². The minimum Gasteiger partial charge on any atom is -0.464 e. The molecule has 42 heavy (non-hydrogen) atoms. The van der Waals surface area contributed by atoms with Crippen molar-refractivity contribution in [1.82, 2.24) is 0 Å². The Morgan fingerprint density at radius 1 is 0.738 bits per heavy atom. The molecule has 2 atom stereocenters. The van der Waals surface area contributed by atoms with Gasteiger partial charge in [-0.1, -0.05) is 70.6 Å². The second-order valence-electron chi connectivity index (χ2n) is 10.2. The highest BCUT2D eigenvalue weighted by Crippen LogP contribution is 2.23. The molecule has 0 aliphatic carbocycles. The van der Waals surface area contributed by atoms with Crippen LogP contribution in [0.3, 0.4) is 0 Å². The van der Waals surface area contributed by atoms with E-state index in [-0.39, 0.29) is 25.2 Å². The SMILES string of the molecule is CCOC(=O)C(O)C(OC(=O)c1ccc(NCCCCCCCCCCCCCCCC(F)(F)F)cc1)C(=O)OCC. The van der Waals surface area contributed by atoms with Crippen LogP contribution in [0.1, 0.15) is 114 Å². The number of halogens is 3. The second kappa shape index (κ2) is 21.8. The van der Waals surface area contributed by atoms with Crippen LogP contribution in [-0.4, -0.2) is 61.2 Å². The number of aliphatic hydroxyl groups is 1. The molecule has 0 aromatic heterocycles. The molecule has 1 aromatic carbocycles. The molecule has 1 aromatic rings. The lowest BCUT2D eigenvalue weighted by Crippen LogP contribution is -2.44. The number of hydrogen-bond donors (Lipinski definition) is 2. The van der Waals surface area contributed by atoms with Gasteiger partial charge in [-0.25, -0.2) is 14.4 Å². The van der Waals surface area contributed by atoms with Gasteiger partial charge in [0.05, 0.1) is 18.8 Å². The first-order valence-corrected chi connectivity index (χ1v) is 15.2. The number of hydrogen-bond acceptors (Lipinski definition) is 8. The van der Waals surface area contributed by atoms with Crippen LogP contribution in [-0.2, 0) is 23.8 Å². The topological polar surface area (TPSA) is 111 Å². The molecular formula is C31H48F3NO7. The monoisotopic (exact) mass is 603 g/mol. The molecular weight excluding hydrogens is 555 g/mol. The van der Waals surface area contributed by atoms with Crippen LogP contribution >= 0.6 is 0 Å². The van der Waals surface area contributed by atoms with E-state index in [9.17, 15) is 32.7 Å². The molecule has 240 valence electrons. The molecule has 11 heteroatoms. The van der Waals surface area contributed by atoms with E-state index in [0.717, 1.165) is 57.2 Å². The summed E-state index contributed by atoms with van der Waals surface area (Å²) in [6, 6.07) is 6.47. The van der Waals surface area contributed by atoms with Gasteiger partial charge in [-0.2, -0.15) is 13.2 Å². The smallest absolute Gasteiger partial charge is 0.389 e. The standard InChI is InChI=1S/C31H48F3NO7/c1-3-40-29(38)26(36)27(30(39)41-4-2)42-28(37)24-18-20-25(21-19-24)35-23-17-15-13-11-9-7-5-6-8-10-12-14-16-22-31(32,33)34/h18-21,26-27,35-36H,3-17,22-23H2,1-2H3. The molecule has 0 amide bonds. The Morgan fingerprint density at radius 2 is 1.19 bits per heavy atom. The number of aliphatic hydroxyl groups excluding tert-OH is 1. The second-order valence-corrected chi connectivity index (χ2v) is 10.2. The highest BCUT2D eigenvalue weighted by atomic mass is 19.4. The first kappa shape index (κ1) is 37.2. The van der Waals surface area contributed by atoms with Gasteiger partial charge in [-0.3, -0.25) is 0 Å². The predicted octanol–water partition coefficient (Wildman–Crippen LogP) is 7.13. The molecule has 2 N–H and O–H groups in total. The number of anilines is 1. The molecule has 1 rings (SSSR count). The summed E-state index contributed by atoms with van der Waals surface area (Å²) in [5.74, 6) is -3.02. The first-order chi connectivity index (χ1) is 20.1. The summed E-state index contributed by atoms with van der Waals surface area (Å²) in [7, 11) is 0. The van der Waals surface area contributed by atoms with Crippen molar-refractivity contribution in [2.24, 2.45) is 0 Å². The van der Waals surface area contributed by atoms with Gasteiger partial charge < -0.3 is 24.6 Å². The van der Waals surface area contributed by atoms with Crippen molar-refractivity contribution in [3.8, 4) is 0 Å². The number of unbranched alkanes of at least 4 members (excludes halogenated alkanes) is 12. The minimum atomic E-state index is -4.02. The molecule has 0 saturated heterocycles. The molecule has 0 aliphatic rings. The van der Waals surface area contributed by atoms with Gasteiger partial charge in [0.25, 0.3) is 0 Å². The zero-order valence-corrected chi connectivity index (χ0v) is 25.0. The summed E-state index contributed by atoms with van der Waals surface area (Å²) in [6.07, 6.45) is 4.59. The van der Waals surface area contributed by atoms with Crippen molar-refractivity contribution in [2.75, 3.05) is 25.1 Å². The molecule has 0 spiro atoms. The Labute approximate surface area is 247 Å². The normalized spacial score (nSPS) is 12.8. The summed E-state index contributed by atoms with van der Waals surface area (Å²) < 4.78 is 50.9. The first-order valence-electron chi connectivity index (χ1n) is 15.2. The van der Waals surface area contributed by atoms with Crippen molar-refractivity contribution < 1.29 is 46.9 Å². The highest BCUT2D eigenvalue weighted by Gasteiger charge is 2.38. The third-order valence-electron chi connectivity index (χ3n) is 6.65. The van der Waals surface area contributed by atoms with Gasteiger partial charge in [-0.05, 0) is 51.0 Å². The van der Waals surface area contributed by atoms with E-state index in [2.05, 4.69) is 5.32 Å². The van der Waals surface area contributed by atoms with Gasteiger partial charge in [0.15, 0.2) is 6.10 Å². The largest absolute Gasteiger partial charge is 0.464 e. The number of alkyl halides is 3. The van der Waals surface area contributed by atoms with Gasteiger partial charge in [0.2, 0.25) is 6.10 Å². The number of ether oxygens (including phenoxy) is 3. The van der Waals surface area contributed by atoms with Crippen molar-refractivity contribution in [3.63, 3.8) is 0 Å². The average molecular weight is 604 g/mol. The minimum absolute atomic E-state index is 0.0151. The van der Waals surface area contributed by atoms with Crippen LogP contribution in [0.2, 0.25) is 0 Å². The lowest BCUT2D eigenvalue weighted by molar-refractivity contribution is -0.172. The van der Waals surface area contributed by atoms with Crippen LogP contribution in [0.4, 0.5) is 18.9 Å². The van der Waals surface area contributed by atoms with Crippen LogP contribution in [0.5, 0.6) is 0 Å². The summed E-state index contributed by atoms with van der Waals surface area (Å²) in [5.41, 5.74) is 0.965. The third kappa shape index (κ3) is 17.2. The van der Waals surface area contributed by atoms with Gasteiger partial charge in [-0.15, -0.1) is 0 Å². The fourth-order valence-electron chi connectivity index (χ4n) is 4.35. The zero-order chi connectivity index (χ0) is 31.2. The van der Waals surface area contributed by atoms with Crippen molar-refractivity contribution in [3.05, 3.63) is 29.8 Å². The maximum atomic E-state index is 12.6. The Hall–Kier alpha value is -2.82. The molecule has 0 heterocycles. The van der Waals surface area contributed by atoms with E-state index >= 15 is 0 Å². The number of carbonyl (C=O) groups is 3. The van der Waals surface area contributed by atoms with E-state index in [1.165, 1.54) is 37.8 Å². The Morgan fingerprint density at radius 3 is 1.67 bits per heavy atom. The van der Waals surface area contributed by atoms with Crippen LogP contribution < -0.4 is 5.32 Å². The van der Waals surface area contributed by atoms with Crippen molar-refractivity contribution in [2.45, 2.75) is 122 Å². The average Bonchev–Trinajstić information content (AvgIpc) is 2.95. The van der Waals surface area contributed by atoms with E-state index in [1.807, 2.05) is 0 Å². The third-order valence-corrected chi connectivity index (χ3v) is 6.65. The summed E-state index contributed by atoms with van der Waals surface area (Å²) in [5, 5.41) is 13.4. The molecule has 8 nitrogen and oxygen atoms in total. The van der Waals surface area contributed by atoms with Crippen molar-refractivity contribution in [1.29, 1.82) is 0 Å². The molecule has 0 fully saturated rings. The van der Waals surface area contributed by atoms with Crippen LogP contribution in [0.15, 0.2) is 24.3 Å². The quantitative estimate of drug-likeness (QED) is 0.0772. The Balaban J connectivity index is 2.19. The van der Waals surface area contributed by atoms with Gasteiger partial charge in [0.1, 0.15) is 0 Å². The predicted molar refractivity (Wildman–Crippen MR) is 154 cm³/mol. The maximum absolute atomic E-state index is 12.6. The molecule has 0 saturated carbocycles. The van der Waals surface area contributed by atoms with E-state index in [4.69, 9.17) is 14.2 Å². The number of benzene rings is 1. The molecule has 0 bridgehead atoms. The molecule has 0 aliphatic heterocycles. The summed E-state index contributed by atoms with van der Waals surface area (Å²) in [6.45, 7) is 3.83. The summed E-state index contributed by atoms with van der Waals surface area (Å²) >= 11 is 0. The fraction of sp³-hybridized carbons (Fsp3) is 0.710. The molecule has 2 unspecified atom stereocenters. The highest BCUT2D eigenvalue weighted by molar-refractivity contribution is 5.93. The zero-order valence-electron chi connectivity index (χ0n) is 25.0. The molecule has 0 radical (unpaired) electrons. The lowest BCUT2D eigenvalue weighted by Gasteiger charge is -2.20. The number of esters is 3. The number of nitrogens with one attached hydrogen (secondary N) is 1. The Kier molecular flexibility index (Phi) is 19.3. The number of rotatable bonds is 23. The maximum Gasteiger partial charge on any atom is 0.389 e. The van der Waals surface area contributed by atoms with E-state index < -0.39 is 42.7 Å². The van der Waals surface area contributed by atoms with Crippen LogP contribution in [0.25, 0.3) is 0 Å². The van der Waals surface area contributed by atoms with Crippen LogP contribution in [0, 0.1) is 0 Å². The lowest BCUT2D eigenvalue weighted by atomic mass is 10.0. The fourth-order valence-corrected chi connectivity index (χ4v) is 4.35. The van der Waals surface area contributed by atoms with E-state index in [0.29, 0.717) is 6.42 Å². The number of carbonyl (C=O) groups excluding carboxylic acids is 3. The Bertz CT molecular complexity index is 894. The van der Waals surface area contributed by atoms with Gasteiger partial charge in [0, 0.05) is 18.7 Å². The summed E-state index contributed by atoms with van der Waals surface area (Å²) in [4.78, 5) is 36.6.